The predicted octanol–water partition coefficient (Wildman–Crippen LogP) is 0.0667. The molecule has 1 saturated heterocycles. The molecule has 17 heavy (non-hydrogen) atoms. The molecule has 0 aromatic heterocycles. The Bertz CT molecular complexity index is 485. The van der Waals surface area contributed by atoms with Gasteiger partial charge in [-0.1, -0.05) is 0 Å². The van der Waals surface area contributed by atoms with Gasteiger partial charge in [0.2, 0.25) is 0 Å². The molecule has 0 unspecified atom stereocenters. The maximum absolute atomic E-state index is 4.50. The molecule has 90 valence electrons. The second kappa shape index (κ2) is 3.96. The molecule has 0 atom stereocenters. The minimum Gasteiger partial charge on any atom is -0.352 e. The van der Waals surface area contributed by atoms with E-state index in [1.165, 1.54) is 0 Å². The van der Waals surface area contributed by atoms with Crippen LogP contribution in [0.25, 0.3) is 11.5 Å². The number of aryl methyl sites for hydroxylation is 1. The van der Waals surface area contributed by atoms with Gasteiger partial charge in [-0.25, -0.2) is 15.0 Å². The van der Waals surface area contributed by atoms with Gasteiger partial charge in [0, 0.05) is 33.2 Å². The smallest absolute Gasteiger partial charge is 0.165 e. The van der Waals surface area contributed by atoms with Gasteiger partial charge in [0.15, 0.2) is 17.3 Å². The van der Waals surface area contributed by atoms with Crippen LogP contribution < -0.4 is 4.90 Å². The summed E-state index contributed by atoms with van der Waals surface area (Å²) in [5, 5.41) is 0. The molecule has 3 rings (SSSR count). The van der Waals surface area contributed by atoms with Gasteiger partial charge in [0.1, 0.15) is 6.33 Å². The highest BCUT2D eigenvalue weighted by Crippen LogP contribution is 2.26. The van der Waals surface area contributed by atoms with Crippen LogP contribution in [0.2, 0.25) is 0 Å². The fourth-order valence-electron chi connectivity index (χ4n) is 2.18. The van der Waals surface area contributed by atoms with Crippen molar-refractivity contribution in [3.05, 3.63) is 12.7 Å². The number of imidazole rings is 1. The van der Waals surface area contributed by atoms with Crippen LogP contribution >= 0.6 is 0 Å². The number of fused-ring (bicyclic) bond motifs is 1. The van der Waals surface area contributed by atoms with Crippen LogP contribution in [-0.2, 0) is 7.05 Å². The fraction of sp³-hybridized carbons (Fsp3) is 0.545. The van der Waals surface area contributed by atoms with Gasteiger partial charge in [-0.15, -0.1) is 0 Å². The minimum absolute atomic E-state index is 0.897. The second-order valence-corrected chi connectivity index (χ2v) is 4.52. The van der Waals surface area contributed by atoms with E-state index in [1.807, 2.05) is 17.9 Å². The maximum Gasteiger partial charge on any atom is 0.165 e. The van der Waals surface area contributed by atoms with Crippen LogP contribution in [-0.4, -0.2) is 57.6 Å². The molecular weight excluding hydrogens is 216 g/mol. The molecule has 0 aromatic rings. The third-order valence-corrected chi connectivity index (χ3v) is 3.28. The van der Waals surface area contributed by atoms with E-state index in [0.29, 0.717) is 0 Å². The van der Waals surface area contributed by atoms with Crippen LogP contribution in [0.15, 0.2) is 12.7 Å². The first kappa shape index (κ1) is 10.5. The molecule has 0 aliphatic carbocycles. The molecule has 0 saturated carbocycles. The first-order valence-corrected chi connectivity index (χ1v) is 5.81. The number of nitrogens with zero attached hydrogens (tertiary/aromatic N) is 6. The van der Waals surface area contributed by atoms with Crippen molar-refractivity contribution < 1.29 is 0 Å². The minimum atomic E-state index is 0.897. The van der Waals surface area contributed by atoms with Gasteiger partial charge in [0.25, 0.3) is 0 Å². The van der Waals surface area contributed by atoms with Crippen molar-refractivity contribution in [2.24, 2.45) is 7.05 Å². The monoisotopic (exact) mass is 232 g/mol. The standard InChI is InChI=1S/C11H16N6/c1-15-3-5-17(6-4-15)11-9-10(13-7-12-9)16(2)8-14-11/h7-8H,3-6H2,1-2H3. The number of piperazine rings is 1. The maximum atomic E-state index is 4.50. The van der Waals surface area contributed by atoms with Crippen molar-refractivity contribution in [1.82, 2.24) is 24.4 Å². The van der Waals surface area contributed by atoms with Crippen molar-refractivity contribution in [2.75, 3.05) is 38.1 Å². The van der Waals surface area contributed by atoms with Crippen molar-refractivity contribution in [3.63, 3.8) is 0 Å². The lowest BCUT2D eigenvalue weighted by molar-refractivity contribution is 0.312. The van der Waals surface area contributed by atoms with E-state index in [4.69, 9.17) is 0 Å². The largest absolute Gasteiger partial charge is 0.352 e. The van der Waals surface area contributed by atoms with Crippen LogP contribution in [0.4, 0.5) is 5.82 Å². The van der Waals surface area contributed by atoms with Gasteiger partial charge in [-0.2, -0.15) is 0 Å². The molecule has 0 aromatic carbocycles. The molecule has 6 heteroatoms. The second-order valence-electron chi connectivity index (χ2n) is 4.52. The Hall–Kier alpha value is -1.69. The van der Waals surface area contributed by atoms with Gasteiger partial charge in [-0.3, -0.25) is 0 Å². The molecule has 3 aliphatic heterocycles. The Balaban J connectivity index is 1.96. The normalized spacial score (nSPS) is 17.9. The lowest BCUT2D eigenvalue weighted by atomic mass is 10.3. The number of anilines is 1. The lowest BCUT2D eigenvalue weighted by Gasteiger charge is -2.33. The Morgan fingerprint density at radius 1 is 1.00 bits per heavy atom. The molecule has 0 N–H and O–H groups in total. The first-order chi connectivity index (χ1) is 8.25. The number of rotatable bonds is 1. The van der Waals surface area contributed by atoms with Crippen LogP contribution in [0, 0.1) is 0 Å². The molecule has 3 heterocycles. The summed E-state index contributed by atoms with van der Waals surface area (Å²) >= 11 is 0. The van der Waals surface area contributed by atoms with E-state index >= 15 is 0 Å². The van der Waals surface area contributed by atoms with Gasteiger partial charge >= 0.3 is 0 Å². The van der Waals surface area contributed by atoms with Gasteiger partial charge in [-0.05, 0) is 7.05 Å². The molecule has 6 nitrogen and oxygen atoms in total. The lowest BCUT2D eigenvalue weighted by Crippen LogP contribution is -2.45. The molecule has 3 aliphatic rings. The highest BCUT2D eigenvalue weighted by molar-refractivity contribution is 5.68. The predicted molar refractivity (Wildman–Crippen MR) is 65.1 cm³/mol. The van der Waals surface area contributed by atoms with Crippen molar-refractivity contribution >= 4 is 5.82 Å². The van der Waals surface area contributed by atoms with Gasteiger partial charge in [0.05, 0.1) is 6.33 Å². The highest BCUT2D eigenvalue weighted by atomic mass is 15.3. The van der Waals surface area contributed by atoms with E-state index in [-0.39, 0.29) is 0 Å². The summed E-state index contributed by atoms with van der Waals surface area (Å²) in [4.78, 5) is 17.7. The molecule has 0 amide bonds. The third-order valence-electron chi connectivity index (χ3n) is 3.28. The van der Waals surface area contributed by atoms with Gasteiger partial charge < -0.3 is 14.4 Å². The Morgan fingerprint density at radius 3 is 2.53 bits per heavy atom. The average Bonchev–Trinajstić information content (AvgIpc) is 2.81. The van der Waals surface area contributed by atoms with E-state index < -0.39 is 0 Å². The summed E-state index contributed by atoms with van der Waals surface area (Å²) in [5.41, 5.74) is 0.902. The Labute approximate surface area is 100 Å². The van der Waals surface area contributed by atoms with Crippen molar-refractivity contribution in [1.29, 1.82) is 0 Å². The molecule has 1 fully saturated rings. The topological polar surface area (TPSA) is 50.1 Å². The van der Waals surface area contributed by atoms with E-state index in [9.17, 15) is 0 Å². The van der Waals surface area contributed by atoms with Crippen molar-refractivity contribution in [3.8, 4) is 11.5 Å². The Morgan fingerprint density at radius 2 is 1.76 bits per heavy atom. The summed E-state index contributed by atoms with van der Waals surface area (Å²) < 4.78 is 1.90. The molecular formula is C11H16N6. The number of aromatic nitrogens is 4. The average molecular weight is 232 g/mol. The summed E-state index contributed by atoms with van der Waals surface area (Å²) in [6.45, 7) is 4.13. The zero-order valence-electron chi connectivity index (χ0n) is 10.2. The first-order valence-electron chi connectivity index (χ1n) is 5.81. The molecule has 0 spiro atoms. The van der Waals surface area contributed by atoms with Crippen molar-refractivity contribution in [2.45, 2.75) is 0 Å². The zero-order chi connectivity index (χ0) is 11.8. The number of hydrogen-bond acceptors (Lipinski definition) is 5. The van der Waals surface area contributed by atoms with Crippen LogP contribution in [0.5, 0.6) is 0 Å². The Kier molecular flexibility index (Phi) is 2.44. The quantitative estimate of drug-likeness (QED) is 0.696. The SMILES string of the molecule is CN1CCN(c2ncn(C)c3ncnc2-3)CC1. The number of likely N-dealkylation sites (N-methyl/N-ethyl adjacent to an activating group) is 1. The van der Waals surface area contributed by atoms with E-state index in [0.717, 1.165) is 43.5 Å². The number of hydrogen-bond donors (Lipinski definition) is 0. The summed E-state index contributed by atoms with van der Waals surface area (Å²) in [7, 11) is 4.09. The summed E-state index contributed by atoms with van der Waals surface area (Å²) in [6.07, 6.45) is 3.41. The summed E-state index contributed by atoms with van der Waals surface area (Å²) in [5.74, 6) is 1.86. The zero-order valence-corrected chi connectivity index (χ0v) is 10.2. The van der Waals surface area contributed by atoms with E-state index in [2.05, 4.69) is 31.8 Å². The fourth-order valence-corrected chi connectivity index (χ4v) is 2.18. The van der Waals surface area contributed by atoms with E-state index in [1.54, 1.807) is 6.33 Å². The van der Waals surface area contributed by atoms with Crippen LogP contribution in [0.3, 0.4) is 0 Å². The van der Waals surface area contributed by atoms with Crippen LogP contribution in [0.1, 0.15) is 0 Å². The third kappa shape index (κ3) is 1.74. The summed E-state index contributed by atoms with van der Waals surface area (Å²) in [6, 6.07) is 0. The molecule has 0 radical (unpaired) electrons. The highest BCUT2D eigenvalue weighted by Gasteiger charge is 2.22. The molecule has 0 bridgehead atoms.